The van der Waals surface area contributed by atoms with E-state index in [0.717, 1.165) is 17.7 Å². The van der Waals surface area contributed by atoms with E-state index in [1.807, 2.05) is 31.2 Å². The Labute approximate surface area is 158 Å². The van der Waals surface area contributed by atoms with Gasteiger partial charge in [-0.1, -0.05) is 18.2 Å². The molecular formula is C21H23NO5. The lowest BCUT2D eigenvalue weighted by Crippen LogP contribution is -2.43. The first-order chi connectivity index (χ1) is 13.0. The van der Waals surface area contributed by atoms with Gasteiger partial charge in [0.2, 0.25) is 0 Å². The number of benzene rings is 2. The van der Waals surface area contributed by atoms with Crippen LogP contribution in [0.5, 0.6) is 11.5 Å². The van der Waals surface area contributed by atoms with Crippen molar-refractivity contribution in [1.82, 2.24) is 0 Å². The highest BCUT2D eigenvalue weighted by Gasteiger charge is 2.34. The first-order valence-electron chi connectivity index (χ1n) is 8.80. The van der Waals surface area contributed by atoms with Crippen molar-refractivity contribution < 1.29 is 23.8 Å². The van der Waals surface area contributed by atoms with Crippen molar-refractivity contribution in [1.29, 1.82) is 0 Å². The van der Waals surface area contributed by atoms with Crippen LogP contribution in [0.15, 0.2) is 42.5 Å². The summed E-state index contributed by atoms with van der Waals surface area (Å²) >= 11 is 0. The van der Waals surface area contributed by atoms with Gasteiger partial charge in [0.05, 0.1) is 19.8 Å². The molecule has 0 fully saturated rings. The summed E-state index contributed by atoms with van der Waals surface area (Å²) in [5.41, 5.74) is 2.29. The maximum Gasteiger partial charge on any atom is 0.339 e. The molecule has 1 heterocycles. The molecule has 0 saturated carbocycles. The highest BCUT2D eigenvalue weighted by Crippen LogP contribution is 2.33. The second kappa shape index (κ2) is 7.70. The minimum absolute atomic E-state index is 0.0251. The average Bonchev–Trinajstić information content (AvgIpc) is 3.02. The molecule has 2 aromatic carbocycles. The Morgan fingerprint density at radius 1 is 1.07 bits per heavy atom. The number of carbonyl (C=O) groups is 2. The Bertz CT molecular complexity index is 863. The van der Waals surface area contributed by atoms with Gasteiger partial charge in [0.15, 0.2) is 17.6 Å². The van der Waals surface area contributed by atoms with Gasteiger partial charge in [-0.2, -0.15) is 0 Å². The number of hydrogen-bond acceptors (Lipinski definition) is 5. The fraction of sp³-hybridized carbons (Fsp3) is 0.333. The summed E-state index contributed by atoms with van der Waals surface area (Å²) in [6, 6.07) is 12.6. The van der Waals surface area contributed by atoms with Crippen molar-refractivity contribution in [3.8, 4) is 11.5 Å². The third-order valence-electron chi connectivity index (χ3n) is 4.70. The first kappa shape index (κ1) is 18.8. The largest absolute Gasteiger partial charge is 0.493 e. The zero-order valence-corrected chi connectivity index (χ0v) is 15.9. The number of anilines is 1. The van der Waals surface area contributed by atoms with E-state index in [-0.39, 0.29) is 11.9 Å². The van der Waals surface area contributed by atoms with E-state index in [1.165, 1.54) is 20.3 Å². The second-order valence-electron chi connectivity index (χ2n) is 6.51. The van der Waals surface area contributed by atoms with Crippen LogP contribution >= 0.6 is 0 Å². The average molecular weight is 369 g/mol. The van der Waals surface area contributed by atoms with Gasteiger partial charge in [0, 0.05) is 11.7 Å². The molecule has 2 aromatic rings. The van der Waals surface area contributed by atoms with Gasteiger partial charge in [-0.25, -0.2) is 4.79 Å². The molecule has 0 aromatic heterocycles. The number of para-hydroxylation sites is 1. The molecule has 0 aliphatic carbocycles. The lowest BCUT2D eigenvalue weighted by atomic mass is 10.1. The number of nitrogens with zero attached hydrogens (tertiary/aromatic N) is 1. The number of hydrogen-bond donors (Lipinski definition) is 0. The normalized spacial score (nSPS) is 16.4. The lowest BCUT2D eigenvalue weighted by molar-refractivity contribution is -0.126. The topological polar surface area (TPSA) is 65.1 Å². The SMILES string of the molecule is COc1ccc(C(=O)O[C@@H](C)C(=O)N2c3ccccc3C[C@H]2C)cc1OC. The monoisotopic (exact) mass is 369 g/mol. The minimum Gasteiger partial charge on any atom is -0.493 e. The number of rotatable bonds is 5. The van der Waals surface area contributed by atoms with Crippen LogP contribution in [0.25, 0.3) is 0 Å². The van der Waals surface area contributed by atoms with E-state index in [9.17, 15) is 9.59 Å². The van der Waals surface area contributed by atoms with Crippen molar-refractivity contribution in [2.75, 3.05) is 19.1 Å². The molecule has 6 heteroatoms. The first-order valence-corrected chi connectivity index (χ1v) is 8.80. The maximum absolute atomic E-state index is 12.9. The van der Waals surface area contributed by atoms with E-state index in [1.54, 1.807) is 24.0 Å². The molecule has 0 saturated heterocycles. The number of amides is 1. The number of carbonyl (C=O) groups excluding carboxylic acids is 2. The van der Waals surface area contributed by atoms with Gasteiger partial charge in [0.25, 0.3) is 5.91 Å². The molecule has 0 spiro atoms. The molecule has 6 nitrogen and oxygen atoms in total. The molecule has 0 radical (unpaired) electrons. The zero-order valence-electron chi connectivity index (χ0n) is 15.9. The van der Waals surface area contributed by atoms with Gasteiger partial charge in [-0.05, 0) is 50.1 Å². The molecule has 0 bridgehead atoms. The summed E-state index contributed by atoms with van der Waals surface area (Å²) in [5, 5.41) is 0. The Morgan fingerprint density at radius 2 is 1.78 bits per heavy atom. The number of ether oxygens (including phenoxy) is 3. The van der Waals surface area contributed by atoms with Crippen LogP contribution in [0, 0.1) is 0 Å². The smallest absolute Gasteiger partial charge is 0.339 e. The van der Waals surface area contributed by atoms with Crippen molar-refractivity contribution in [2.45, 2.75) is 32.4 Å². The Balaban J connectivity index is 1.74. The van der Waals surface area contributed by atoms with Gasteiger partial charge >= 0.3 is 5.97 Å². The van der Waals surface area contributed by atoms with E-state index >= 15 is 0 Å². The van der Waals surface area contributed by atoms with Crippen LogP contribution in [-0.4, -0.2) is 38.2 Å². The number of esters is 1. The van der Waals surface area contributed by atoms with Gasteiger partial charge in [0.1, 0.15) is 0 Å². The van der Waals surface area contributed by atoms with Crippen LogP contribution in [0.2, 0.25) is 0 Å². The molecule has 1 amide bonds. The summed E-state index contributed by atoms with van der Waals surface area (Å²) in [6.07, 6.45) is -0.114. The number of fused-ring (bicyclic) bond motifs is 1. The van der Waals surface area contributed by atoms with Crippen molar-refractivity contribution >= 4 is 17.6 Å². The molecule has 0 unspecified atom stereocenters. The van der Waals surface area contributed by atoms with Gasteiger partial charge < -0.3 is 19.1 Å². The van der Waals surface area contributed by atoms with E-state index < -0.39 is 12.1 Å². The van der Waals surface area contributed by atoms with Gasteiger partial charge in [-0.15, -0.1) is 0 Å². The van der Waals surface area contributed by atoms with E-state index in [0.29, 0.717) is 17.1 Å². The fourth-order valence-electron chi connectivity index (χ4n) is 3.34. The van der Waals surface area contributed by atoms with Crippen LogP contribution in [0.3, 0.4) is 0 Å². The maximum atomic E-state index is 12.9. The van der Waals surface area contributed by atoms with E-state index in [2.05, 4.69) is 0 Å². The third-order valence-corrected chi connectivity index (χ3v) is 4.70. The Hall–Kier alpha value is -3.02. The van der Waals surface area contributed by atoms with E-state index in [4.69, 9.17) is 14.2 Å². The van der Waals surface area contributed by atoms with Crippen LogP contribution < -0.4 is 14.4 Å². The standard InChI is InChI=1S/C21H23NO5/c1-13-11-15-7-5-6-8-17(15)22(13)20(23)14(2)27-21(24)16-9-10-18(25-3)19(12-16)26-4/h5-10,12-14H,11H2,1-4H3/t13-,14+/m1/s1. The number of methoxy groups -OCH3 is 2. The summed E-state index contributed by atoms with van der Waals surface area (Å²) in [5.74, 6) is 0.118. The van der Waals surface area contributed by atoms with Crippen LogP contribution in [0.1, 0.15) is 29.8 Å². The third kappa shape index (κ3) is 3.60. The molecule has 0 N–H and O–H groups in total. The lowest BCUT2D eigenvalue weighted by Gasteiger charge is -2.26. The summed E-state index contributed by atoms with van der Waals surface area (Å²) in [7, 11) is 3.01. The van der Waals surface area contributed by atoms with Crippen molar-refractivity contribution in [3.05, 3.63) is 53.6 Å². The molecule has 2 atom stereocenters. The molecule has 1 aliphatic heterocycles. The van der Waals surface area contributed by atoms with Gasteiger partial charge in [-0.3, -0.25) is 4.79 Å². The fourth-order valence-corrected chi connectivity index (χ4v) is 3.34. The Morgan fingerprint density at radius 3 is 2.48 bits per heavy atom. The minimum atomic E-state index is -0.904. The quantitative estimate of drug-likeness (QED) is 0.757. The predicted octanol–water partition coefficient (Wildman–Crippen LogP) is 3.23. The highest BCUT2D eigenvalue weighted by atomic mass is 16.5. The Kier molecular flexibility index (Phi) is 5.35. The zero-order chi connectivity index (χ0) is 19.6. The predicted molar refractivity (Wildman–Crippen MR) is 102 cm³/mol. The molecule has 3 rings (SSSR count). The van der Waals surface area contributed by atoms with Crippen molar-refractivity contribution in [3.63, 3.8) is 0 Å². The second-order valence-corrected chi connectivity index (χ2v) is 6.51. The highest BCUT2D eigenvalue weighted by molar-refractivity contribution is 6.01. The summed E-state index contributed by atoms with van der Waals surface area (Å²) in [4.78, 5) is 27.1. The molecule has 1 aliphatic rings. The molecular weight excluding hydrogens is 346 g/mol. The summed E-state index contributed by atoms with van der Waals surface area (Å²) in [6.45, 7) is 3.58. The molecule has 142 valence electrons. The molecule has 27 heavy (non-hydrogen) atoms. The summed E-state index contributed by atoms with van der Waals surface area (Å²) < 4.78 is 15.8. The van der Waals surface area contributed by atoms with Crippen molar-refractivity contribution in [2.24, 2.45) is 0 Å². The van der Waals surface area contributed by atoms with Crippen LogP contribution in [0.4, 0.5) is 5.69 Å². The van der Waals surface area contributed by atoms with Crippen LogP contribution in [-0.2, 0) is 16.0 Å².